The Morgan fingerprint density at radius 1 is 1.00 bits per heavy atom. The number of amides is 1. The standard InChI is InChI=1S/C30H36FN3O5/c1-30(2,3)39-29(36)27(19-10-7-6-8-11-19)32-28(35)22-18-23(26-24(37-4)12-9-13-25(26)38-5)34(33-22)21-16-14-20(31)15-17-21/h9,12-19,27H,6-8,10-11H2,1-5H3,(H,32,35)/t27-/m0/s1. The van der Waals surface area contributed by atoms with Crippen LogP contribution in [0.1, 0.15) is 63.4 Å². The molecule has 8 nitrogen and oxygen atoms in total. The Morgan fingerprint density at radius 2 is 1.62 bits per heavy atom. The van der Waals surface area contributed by atoms with Crippen molar-refractivity contribution in [3.05, 3.63) is 60.0 Å². The van der Waals surface area contributed by atoms with Crippen LogP contribution in [0.3, 0.4) is 0 Å². The van der Waals surface area contributed by atoms with E-state index in [1.54, 1.807) is 50.6 Å². The highest BCUT2D eigenvalue weighted by Crippen LogP contribution is 2.39. The number of ether oxygens (including phenoxy) is 3. The van der Waals surface area contributed by atoms with Gasteiger partial charge >= 0.3 is 5.97 Å². The SMILES string of the molecule is COc1cccc(OC)c1-c1cc(C(=O)N[C@H](C(=O)OC(C)(C)C)C2CCCCC2)nn1-c1ccc(F)cc1. The molecule has 1 amide bonds. The third-order valence-electron chi connectivity index (χ3n) is 6.77. The summed E-state index contributed by atoms with van der Waals surface area (Å²) in [5.74, 6) is -0.352. The number of halogens is 1. The number of esters is 1. The van der Waals surface area contributed by atoms with Gasteiger partial charge in [0.05, 0.1) is 31.2 Å². The summed E-state index contributed by atoms with van der Waals surface area (Å²) in [7, 11) is 3.08. The molecule has 9 heteroatoms. The summed E-state index contributed by atoms with van der Waals surface area (Å²) in [4.78, 5) is 26.8. The molecule has 1 aromatic heterocycles. The number of methoxy groups -OCH3 is 2. The van der Waals surface area contributed by atoms with Crippen LogP contribution in [0, 0.1) is 11.7 Å². The van der Waals surface area contributed by atoms with Crippen molar-refractivity contribution in [2.75, 3.05) is 14.2 Å². The summed E-state index contributed by atoms with van der Waals surface area (Å²) in [6.45, 7) is 5.42. The lowest BCUT2D eigenvalue weighted by Gasteiger charge is -2.31. The minimum absolute atomic E-state index is 0.0227. The molecule has 3 aromatic rings. The Morgan fingerprint density at radius 3 is 2.18 bits per heavy atom. The smallest absolute Gasteiger partial charge is 0.329 e. The third-order valence-corrected chi connectivity index (χ3v) is 6.77. The summed E-state index contributed by atoms with van der Waals surface area (Å²) < 4.78 is 32.2. The number of nitrogens with one attached hydrogen (secondary N) is 1. The molecule has 39 heavy (non-hydrogen) atoms. The highest BCUT2D eigenvalue weighted by atomic mass is 19.1. The number of benzene rings is 2. The zero-order valence-corrected chi connectivity index (χ0v) is 23.1. The quantitative estimate of drug-likeness (QED) is 0.370. The molecule has 0 spiro atoms. The van der Waals surface area contributed by atoms with Gasteiger partial charge in [0.2, 0.25) is 0 Å². The molecular formula is C30H36FN3O5. The van der Waals surface area contributed by atoms with Gasteiger partial charge in [-0.3, -0.25) is 4.79 Å². The van der Waals surface area contributed by atoms with E-state index in [9.17, 15) is 14.0 Å². The number of hydrogen-bond acceptors (Lipinski definition) is 6. The van der Waals surface area contributed by atoms with Gasteiger partial charge in [0.25, 0.3) is 5.91 Å². The lowest BCUT2D eigenvalue weighted by molar-refractivity contribution is -0.159. The van der Waals surface area contributed by atoms with E-state index < -0.39 is 29.3 Å². The molecule has 0 unspecified atom stereocenters. The lowest BCUT2D eigenvalue weighted by atomic mass is 9.83. The first kappa shape index (κ1) is 28.1. The third kappa shape index (κ3) is 6.58. The number of nitrogens with zero attached hydrogens (tertiary/aromatic N) is 2. The van der Waals surface area contributed by atoms with E-state index in [1.807, 2.05) is 20.8 Å². The molecule has 2 aromatic carbocycles. The molecule has 0 radical (unpaired) electrons. The highest BCUT2D eigenvalue weighted by Gasteiger charge is 2.35. The number of hydrogen-bond donors (Lipinski definition) is 1. The van der Waals surface area contributed by atoms with Crippen LogP contribution in [0.15, 0.2) is 48.5 Å². The van der Waals surface area contributed by atoms with E-state index in [-0.39, 0.29) is 11.6 Å². The predicted octanol–water partition coefficient (Wildman–Crippen LogP) is 5.72. The van der Waals surface area contributed by atoms with Crippen molar-refractivity contribution in [2.45, 2.75) is 64.5 Å². The molecule has 0 saturated heterocycles. The Hall–Kier alpha value is -3.88. The molecule has 1 atom stereocenters. The fraction of sp³-hybridized carbons (Fsp3) is 0.433. The highest BCUT2D eigenvalue weighted by molar-refractivity contribution is 5.97. The van der Waals surface area contributed by atoms with Crippen LogP contribution < -0.4 is 14.8 Å². The fourth-order valence-corrected chi connectivity index (χ4v) is 4.97. The van der Waals surface area contributed by atoms with Crippen molar-refractivity contribution >= 4 is 11.9 Å². The number of carbonyl (C=O) groups excluding carboxylic acids is 2. The molecule has 1 N–H and O–H groups in total. The first-order valence-corrected chi connectivity index (χ1v) is 13.2. The normalized spacial score (nSPS) is 14.9. The molecule has 0 bridgehead atoms. The van der Waals surface area contributed by atoms with Gasteiger partial charge in [0.1, 0.15) is 29.0 Å². The largest absolute Gasteiger partial charge is 0.496 e. The number of aromatic nitrogens is 2. The Bertz CT molecular complexity index is 1280. The van der Waals surface area contributed by atoms with Gasteiger partial charge in [-0.25, -0.2) is 13.9 Å². The van der Waals surface area contributed by atoms with Crippen LogP contribution in [-0.2, 0) is 9.53 Å². The van der Waals surface area contributed by atoms with Crippen LogP contribution in [0.25, 0.3) is 16.9 Å². The molecule has 208 valence electrons. The van der Waals surface area contributed by atoms with Gasteiger partial charge in [-0.15, -0.1) is 0 Å². The summed E-state index contributed by atoms with van der Waals surface area (Å²) >= 11 is 0. The Kier molecular flexibility index (Phi) is 8.57. The number of carbonyl (C=O) groups is 2. The second-order valence-corrected chi connectivity index (χ2v) is 10.7. The molecular weight excluding hydrogens is 501 g/mol. The zero-order valence-electron chi connectivity index (χ0n) is 23.1. The second kappa shape index (κ2) is 11.9. The fourth-order valence-electron chi connectivity index (χ4n) is 4.97. The van der Waals surface area contributed by atoms with E-state index in [0.29, 0.717) is 28.4 Å². The van der Waals surface area contributed by atoms with Crippen molar-refractivity contribution in [1.29, 1.82) is 0 Å². The summed E-state index contributed by atoms with van der Waals surface area (Å²) in [5, 5.41) is 7.51. The predicted molar refractivity (Wildman–Crippen MR) is 146 cm³/mol. The summed E-state index contributed by atoms with van der Waals surface area (Å²) in [6, 6.07) is 12.0. The van der Waals surface area contributed by atoms with Crippen molar-refractivity contribution in [1.82, 2.24) is 15.1 Å². The second-order valence-electron chi connectivity index (χ2n) is 10.7. The number of rotatable bonds is 8. The van der Waals surface area contributed by atoms with E-state index >= 15 is 0 Å². The van der Waals surface area contributed by atoms with E-state index in [0.717, 1.165) is 32.1 Å². The van der Waals surface area contributed by atoms with Crippen LogP contribution in [0.2, 0.25) is 0 Å². The zero-order chi connectivity index (χ0) is 28.2. The first-order chi connectivity index (χ1) is 18.6. The Balaban J connectivity index is 1.76. The van der Waals surface area contributed by atoms with Gasteiger partial charge < -0.3 is 19.5 Å². The molecule has 0 aliphatic heterocycles. The topological polar surface area (TPSA) is 91.7 Å². The molecule has 1 aliphatic carbocycles. The minimum atomic E-state index is -0.794. The van der Waals surface area contributed by atoms with E-state index in [1.165, 1.54) is 16.8 Å². The van der Waals surface area contributed by atoms with Crippen molar-refractivity contribution in [2.24, 2.45) is 5.92 Å². The monoisotopic (exact) mass is 537 g/mol. The van der Waals surface area contributed by atoms with E-state index in [2.05, 4.69) is 10.4 Å². The average Bonchev–Trinajstić information content (AvgIpc) is 3.36. The maximum Gasteiger partial charge on any atom is 0.329 e. The first-order valence-electron chi connectivity index (χ1n) is 13.2. The maximum atomic E-state index is 13.7. The molecule has 1 saturated carbocycles. The van der Waals surface area contributed by atoms with Crippen LogP contribution >= 0.6 is 0 Å². The van der Waals surface area contributed by atoms with Crippen molar-refractivity contribution in [3.63, 3.8) is 0 Å². The molecule has 1 heterocycles. The summed E-state index contributed by atoms with van der Waals surface area (Å²) in [6.07, 6.45) is 4.76. The van der Waals surface area contributed by atoms with Gasteiger partial charge in [0.15, 0.2) is 5.69 Å². The molecule has 1 aliphatic rings. The molecule has 1 fully saturated rings. The lowest BCUT2D eigenvalue weighted by Crippen LogP contribution is -2.49. The van der Waals surface area contributed by atoms with Crippen molar-refractivity contribution in [3.8, 4) is 28.4 Å². The maximum absolute atomic E-state index is 13.7. The summed E-state index contributed by atoms with van der Waals surface area (Å²) in [5.41, 5.74) is 1.02. The van der Waals surface area contributed by atoms with Gasteiger partial charge in [-0.2, -0.15) is 5.10 Å². The molecule has 4 rings (SSSR count). The van der Waals surface area contributed by atoms with Crippen LogP contribution in [0.4, 0.5) is 4.39 Å². The Labute approximate surface area is 228 Å². The van der Waals surface area contributed by atoms with Gasteiger partial charge in [0, 0.05) is 0 Å². The van der Waals surface area contributed by atoms with Crippen molar-refractivity contribution < 1.29 is 28.2 Å². The van der Waals surface area contributed by atoms with E-state index in [4.69, 9.17) is 14.2 Å². The van der Waals surface area contributed by atoms with Crippen LogP contribution in [0.5, 0.6) is 11.5 Å². The van der Waals surface area contributed by atoms with Crippen LogP contribution in [-0.4, -0.2) is 47.5 Å². The average molecular weight is 538 g/mol. The van der Waals surface area contributed by atoms with Gasteiger partial charge in [-0.1, -0.05) is 25.3 Å². The van der Waals surface area contributed by atoms with Gasteiger partial charge in [-0.05, 0) is 82.0 Å². The minimum Gasteiger partial charge on any atom is -0.496 e.